The van der Waals surface area contributed by atoms with Gasteiger partial charge in [0.2, 0.25) is 5.91 Å². The summed E-state index contributed by atoms with van der Waals surface area (Å²) in [6.45, 7) is 4.52. The highest BCUT2D eigenvalue weighted by Gasteiger charge is 2.50. The number of carbonyl (C=O) groups is 2. The third kappa shape index (κ3) is 3.77. The smallest absolute Gasteiger partial charge is 0.407 e. The van der Waals surface area contributed by atoms with Crippen molar-refractivity contribution in [2.45, 2.75) is 38.2 Å². The molecule has 23 heavy (non-hydrogen) atoms. The second-order valence-corrected chi connectivity index (χ2v) is 7.18. The fourth-order valence-corrected chi connectivity index (χ4v) is 3.80. The number of piperidine rings is 1. The molecule has 0 aromatic carbocycles. The Hall–Kier alpha value is -1.34. The van der Waals surface area contributed by atoms with Crippen LogP contribution in [0.25, 0.3) is 0 Å². The average Bonchev–Trinajstić information content (AvgIpc) is 3.30. The molecule has 2 saturated heterocycles. The molecule has 3 rings (SSSR count). The zero-order valence-corrected chi connectivity index (χ0v) is 13.6. The van der Waals surface area contributed by atoms with Crippen LogP contribution in [0, 0.1) is 5.41 Å². The summed E-state index contributed by atoms with van der Waals surface area (Å²) in [5, 5.41) is 19.2. The molecule has 1 spiro atoms. The van der Waals surface area contributed by atoms with Crippen LogP contribution in [0.3, 0.4) is 0 Å². The number of rotatable bonds is 4. The number of likely N-dealkylation sites (tertiary alicyclic amines) is 1. The molecule has 0 radical (unpaired) electrons. The van der Waals surface area contributed by atoms with Crippen molar-refractivity contribution in [3.8, 4) is 0 Å². The number of hydrogen-bond donors (Lipinski definition) is 2. The van der Waals surface area contributed by atoms with Gasteiger partial charge in [0.25, 0.3) is 0 Å². The molecule has 1 unspecified atom stereocenters. The van der Waals surface area contributed by atoms with Crippen LogP contribution >= 0.6 is 0 Å². The lowest BCUT2D eigenvalue weighted by Crippen LogP contribution is -2.46. The van der Waals surface area contributed by atoms with Gasteiger partial charge in [0.05, 0.1) is 6.10 Å². The number of carbonyl (C=O) groups excluding carboxylic acids is 1. The fraction of sp³-hybridized carbons (Fsp3) is 0.875. The van der Waals surface area contributed by atoms with Crippen LogP contribution < -0.4 is 0 Å². The van der Waals surface area contributed by atoms with E-state index in [4.69, 9.17) is 5.11 Å². The van der Waals surface area contributed by atoms with Crippen molar-refractivity contribution in [2.75, 3.05) is 45.8 Å². The van der Waals surface area contributed by atoms with Crippen LogP contribution in [-0.2, 0) is 4.79 Å². The highest BCUT2D eigenvalue weighted by Crippen LogP contribution is 2.53. The Bertz CT molecular complexity index is 466. The van der Waals surface area contributed by atoms with Crippen LogP contribution in [0.15, 0.2) is 0 Å². The van der Waals surface area contributed by atoms with Crippen molar-refractivity contribution in [2.24, 2.45) is 5.41 Å². The molecule has 1 aliphatic carbocycles. The van der Waals surface area contributed by atoms with Gasteiger partial charge in [-0.15, -0.1) is 0 Å². The quantitative estimate of drug-likeness (QED) is 0.783. The zero-order valence-electron chi connectivity index (χ0n) is 13.6. The average molecular weight is 325 g/mol. The molecule has 0 bridgehead atoms. The number of carboxylic acid groups (broad SMARTS) is 1. The first-order valence-corrected chi connectivity index (χ1v) is 8.66. The first-order chi connectivity index (χ1) is 11.0. The monoisotopic (exact) mass is 325 g/mol. The molecule has 7 heteroatoms. The van der Waals surface area contributed by atoms with Crippen molar-refractivity contribution in [1.82, 2.24) is 14.7 Å². The summed E-state index contributed by atoms with van der Waals surface area (Å²) >= 11 is 0. The second kappa shape index (κ2) is 6.65. The molecule has 2 heterocycles. The molecule has 0 aromatic rings. The number of aliphatic hydroxyl groups excluding tert-OH is 1. The molecule has 1 saturated carbocycles. The standard InChI is InChI=1S/C16H27N3O4/c20-13-12-17(9-5-16(13)3-4-16)6-1-7-18-10-11-19(15(22)23)8-2-14(18)21/h13,20H,1-12H2,(H,22,23). The van der Waals surface area contributed by atoms with Gasteiger partial charge in [0.1, 0.15) is 0 Å². The van der Waals surface area contributed by atoms with Gasteiger partial charge in [-0.1, -0.05) is 0 Å². The summed E-state index contributed by atoms with van der Waals surface area (Å²) in [6.07, 6.45) is 3.44. The zero-order chi connectivity index (χ0) is 16.4. The van der Waals surface area contributed by atoms with E-state index in [0.717, 1.165) is 32.5 Å². The maximum absolute atomic E-state index is 12.1. The lowest BCUT2D eigenvalue weighted by atomic mass is 9.90. The van der Waals surface area contributed by atoms with Crippen molar-refractivity contribution < 1.29 is 19.8 Å². The summed E-state index contributed by atoms with van der Waals surface area (Å²) in [5.74, 6) is 0.0457. The maximum Gasteiger partial charge on any atom is 0.407 e. The summed E-state index contributed by atoms with van der Waals surface area (Å²) in [6, 6.07) is 0. The molecular formula is C16H27N3O4. The lowest BCUT2D eigenvalue weighted by molar-refractivity contribution is -0.130. The van der Waals surface area contributed by atoms with Crippen LogP contribution in [0.2, 0.25) is 0 Å². The van der Waals surface area contributed by atoms with E-state index in [1.165, 1.54) is 17.7 Å². The molecule has 3 fully saturated rings. The summed E-state index contributed by atoms with van der Waals surface area (Å²) in [5.41, 5.74) is 0.234. The second-order valence-electron chi connectivity index (χ2n) is 7.18. The van der Waals surface area contributed by atoms with E-state index in [2.05, 4.69) is 4.90 Å². The van der Waals surface area contributed by atoms with E-state index in [9.17, 15) is 14.7 Å². The first kappa shape index (κ1) is 16.5. The molecule has 7 nitrogen and oxygen atoms in total. The Morgan fingerprint density at radius 2 is 1.91 bits per heavy atom. The highest BCUT2D eigenvalue weighted by molar-refractivity contribution is 5.77. The predicted molar refractivity (Wildman–Crippen MR) is 84.1 cm³/mol. The van der Waals surface area contributed by atoms with Crippen LogP contribution in [0.5, 0.6) is 0 Å². The van der Waals surface area contributed by atoms with Gasteiger partial charge in [0, 0.05) is 39.1 Å². The number of nitrogens with zero attached hydrogens (tertiary/aromatic N) is 3. The molecule has 0 aromatic heterocycles. The van der Waals surface area contributed by atoms with Gasteiger partial charge in [0.15, 0.2) is 0 Å². The van der Waals surface area contributed by atoms with Gasteiger partial charge < -0.3 is 24.9 Å². The Labute approximate surface area is 136 Å². The van der Waals surface area contributed by atoms with E-state index in [1.54, 1.807) is 4.90 Å². The van der Waals surface area contributed by atoms with Gasteiger partial charge in [-0.2, -0.15) is 0 Å². The third-order valence-electron chi connectivity index (χ3n) is 5.72. The van der Waals surface area contributed by atoms with E-state index in [-0.39, 0.29) is 23.8 Å². The molecule has 2 amide bonds. The van der Waals surface area contributed by atoms with E-state index in [0.29, 0.717) is 26.2 Å². The molecule has 2 aliphatic heterocycles. The normalized spacial score (nSPS) is 28.0. The Morgan fingerprint density at radius 3 is 2.57 bits per heavy atom. The molecule has 2 N–H and O–H groups in total. The number of amides is 2. The van der Waals surface area contributed by atoms with Crippen LogP contribution in [-0.4, -0.2) is 88.8 Å². The van der Waals surface area contributed by atoms with Crippen molar-refractivity contribution in [1.29, 1.82) is 0 Å². The number of hydrogen-bond acceptors (Lipinski definition) is 4. The minimum Gasteiger partial charge on any atom is -0.465 e. The molecule has 130 valence electrons. The molecular weight excluding hydrogens is 298 g/mol. The Kier molecular flexibility index (Phi) is 4.77. The molecule has 1 atom stereocenters. The van der Waals surface area contributed by atoms with Crippen LogP contribution in [0.1, 0.15) is 32.1 Å². The van der Waals surface area contributed by atoms with Crippen molar-refractivity contribution in [3.63, 3.8) is 0 Å². The minimum absolute atomic E-state index is 0.0457. The predicted octanol–water partition coefficient (Wildman–Crippen LogP) is 0.436. The number of β-amino-alcohol motifs (C(OH)–C–C–N with tert-alkyl or cyclic N) is 1. The largest absolute Gasteiger partial charge is 0.465 e. The summed E-state index contributed by atoms with van der Waals surface area (Å²) in [7, 11) is 0. The highest BCUT2D eigenvalue weighted by atomic mass is 16.4. The van der Waals surface area contributed by atoms with Crippen molar-refractivity contribution in [3.05, 3.63) is 0 Å². The summed E-state index contributed by atoms with van der Waals surface area (Å²) < 4.78 is 0. The topological polar surface area (TPSA) is 84.3 Å². The van der Waals surface area contributed by atoms with Gasteiger partial charge in [-0.25, -0.2) is 4.79 Å². The lowest BCUT2D eigenvalue weighted by Gasteiger charge is -2.36. The van der Waals surface area contributed by atoms with Crippen LogP contribution in [0.4, 0.5) is 4.79 Å². The van der Waals surface area contributed by atoms with E-state index in [1.807, 2.05) is 0 Å². The van der Waals surface area contributed by atoms with E-state index < -0.39 is 6.09 Å². The fourth-order valence-electron chi connectivity index (χ4n) is 3.80. The first-order valence-electron chi connectivity index (χ1n) is 8.66. The minimum atomic E-state index is -0.948. The van der Waals surface area contributed by atoms with Crippen molar-refractivity contribution >= 4 is 12.0 Å². The van der Waals surface area contributed by atoms with E-state index >= 15 is 0 Å². The molecule has 3 aliphatic rings. The van der Waals surface area contributed by atoms with Gasteiger partial charge in [-0.3, -0.25) is 4.79 Å². The number of aliphatic hydroxyl groups is 1. The van der Waals surface area contributed by atoms with Gasteiger partial charge in [-0.05, 0) is 44.2 Å². The SMILES string of the molecule is O=C(O)N1CCC(=O)N(CCCN2CCC3(CC3)C(O)C2)CC1. The third-order valence-corrected chi connectivity index (χ3v) is 5.72. The summed E-state index contributed by atoms with van der Waals surface area (Å²) in [4.78, 5) is 28.4. The Balaban J connectivity index is 1.40. The van der Waals surface area contributed by atoms with Gasteiger partial charge >= 0.3 is 6.09 Å². The maximum atomic E-state index is 12.1. The Morgan fingerprint density at radius 1 is 1.13 bits per heavy atom.